The van der Waals surface area contributed by atoms with E-state index < -0.39 is 0 Å². The van der Waals surface area contributed by atoms with Gasteiger partial charge in [0.25, 0.3) is 0 Å². The van der Waals surface area contributed by atoms with Crippen LogP contribution in [0.1, 0.15) is 17.0 Å². The molecule has 2 heterocycles. The molecule has 1 aliphatic rings. The summed E-state index contributed by atoms with van der Waals surface area (Å²) in [6.07, 6.45) is 2.49. The second kappa shape index (κ2) is 3.54. The van der Waals surface area contributed by atoms with Crippen molar-refractivity contribution in [1.29, 1.82) is 0 Å². The van der Waals surface area contributed by atoms with Gasteiger partial charge in [-0.05, 0) is 38.8 Å². The van der Waals surface area contributed by atoms with E-state index in [2.05, 4.69) is 17.2 Å². The maximum atomic E-state index is 4.37. The summed E-state index contributed by atoms with van der Waals surface area (Å²) in [6.45, 7) is 4.53. The second-order valence-electron chi connectivity index (χ2n) is 3.42. The summed E-state index contributed by atoms with van der Waals surface area (Å²) < 4.78 is 0. The van der Waals surface area contributed by atoms with Gasteiger partial charge in [0.1, 0.15) is 0 Å². The number of hydrogen-bond donors (Lipinski definition) is 1. The van der Waals surface area contributed by atoms with Crippen LogP contribution in [0.4, 0.5) is 0 Å². The maximum absolute atomic E-state index is 4.37. The first kappa shape index (κ1) is 8.20. The Morgan fingerprint density at radius 1 is 1.75 bits per heavy atom. The molecular weight excluding hydrogens is 168 g/mol. The van der Waals surface area contributed by atoms with E-state index in [-0.39, 0.29) is 0 Å². The third kappa shape index (κ3) is 1.67. The van der Waals surface area contributed by atoms with Gasteiger partial charge in [-0.25, -0.2) is 4.98 Å². The largest absolute Gasteiger partial charge is 0.316 e. The lowest BCUT2D eigenvalue weighted by molar-refractivity contribution is 0.572. The highest BCUT2D eigenvalue weighted by atomic mass is 32.1. The molecule has 0 aromatic carbocycles. The van der Waals surface area contributed by atoms with Gasteiger partial charge < -0.3 is 5.32 Å². The van der Waals surface area contributed by atoms with Crippen molar-refractivity contribution in [2.24, 2.45) is 5.92 Å². The minimum atomic E-state index is 0.825. The minimum Gasteiger partial charge on any atom is -0.316 e. The fourth-order valence-electron chi connectivity index (χ4n) is 1.69. The van der Waals surface area contributed by atoms with E-state index in [0.717, 1.165) is 5.92 Å². The Morgan fingerprint density at radius 3 is 3.25 bits per heavy atom. The molecule has 0 spiro atoms. The molecule has 0 amide bonds. The molecule has 3 heteroatoms. The molecule has 2 rings (SSSR count). The van der Waals surface area contributed by atoms with Gasteiger partial charge in [-0.1, -0.05) is 0 Å². The second-order valence-corrected chi connectivity index (χ2v) is 4.48. The van der Waals surface area contributed by atoms with Crippen molar-refractivity contribution in [2.45, 2.75) is 19.8 Å². The molecule has 0 bridgehead atoms. The van der Waals surface area contributed by atoms with Gasteiger partial charge in [-0.3, -0.25) is 0 Å². The van der Waals surface area contributed by atoms with Crippen LogP contribution in [0.3, 0.4) is 0 Å². The van der Waals surface area contributed by atoms with Crippen LogP contribution in [0, 0.1) is 12.8 Å². The van der Waals surface area contributed by atoms with E-state index in [0.29, 0.717) is 0 Å². The van der Waals surface area contributed by atoms with Gasteiger partial charge in [-0.2, -0.15) is 0 Å². The quantitative estimate of drug-likeness (QED) is 0.751. The molecule has 1 N–H and O–H groups in total. The van der Waals surface area contributed by atoms with E-state index in [1.54, 1.807) is 11.3 Å². The average molecular weight is 182 g/mol. The molecule has 2 nitrogen and oxygen atoms in total. The Kier molecular flexibility index (Phi) is 2.42. The summed E-state index contributed by atoms with van der Waals surface area (Å²) in [5.74, 6) is 0.825. The molecule has 1 saturated heterocycles. The van der Waals surface area contributed by atoms with Crippen LogP contribution in [0.15, 0.2) is 5.51 Å². The maximum Gasteiger partial charge on any atom is 0.0797 e. The molecule has 1 aromatic rings. The van der Waals surface area contributed by atoms with Crippen molar-refractivity contribution >= 4 is 11.3 Å². The lowest BCUT2D eigenvalue weighted by atomic mass is 10.0. The van der Waals surface area contributed by atoms with E-state index in [9.17, 15) is 0 Å². The third-order valence-electron chi connectivity index (χ3n) is 2.49. The first-order chi connectivity index (χ1) is 5.86. The zero-order valence-corrected chi connectivity index (χ0v) is 8.16. The number of hydrogen-bond acceptors (Lipinski definition) is 3. The van der Waals surface area contributed by atoms with Crippen molar-refractivity contribution in [2.75, 3.05) is 13.1 Å². The van der Waals surface area contributed by atoms with Crippen LogP contribution < -0.4 is 5.32 Å². The van der Waals surface area contributed by atoms with Gasteiger partial charge in [-0.15, -0.1) is 11.3 Å². The normalized spacial score (nSPS) is 23.2. The molecular formula is C9H14N2S. The Hall–Kier alpha value is -0.410. The molecule has 1 unspecified atom stereocenters. The summed E-state index contributed by atoms with van der Waals surface area (Å²) in [7, 11) is 0. The Bertz CT molecular complexity index is 251. The number of rotatable bonds is 2. The smallest absolute Gasteiger partial charge is 0.0797 e. The molecule has 1 fully saturated rings. The topological polar surface area (TPSA) is 24.9 Å². The number of nitrogens with zero attached hydrogens (tertiary/aromatic N) is 1. The van der Waals surface area contributed by atoms with Crippen LogP contribution in [0.2, 0.25) is 0 Å². The summed E-state index contributed by atoms with van der Waals surface area (Å²) in [6, 6.07) is 0. The molecule has 1 atom stereocenters. The summed E-state index contributed by atoms with van der Waals surface area (Å²) in [5.41, 5.74) is 3.27. The van der Waals surface area contributed by atoms with Crippen molar-refractivity contribution in [3.05, 3.63) is 16.1 Å². The standard InChI is InChI=1S/C9H14N2S/c1-7-9(11-6-12-7)4-8-2-3-10-5-8/h6,8,10H,2-5H2,1H3. The zero-order valence-electron chi connectivity index (χ0n) is 7.34. The van der Waals surface area contributed by atoms with E-state index in [1.807, 2.05) is 5.51 Å². The molecule has 12 heavy (non-hydrogen) atoms. The lowest BCUT2D eigenvalue weighted by Crippen LogP contribution is -2.11. The number of aryl methyl sites for hydroxylation is 1. The van der Waals surface area contributed by atoms with Crippen molar-refractivity contribution in [3.8, 4) is 0 Å². The minimum absolute atomic E-state index is 0.825. The van der Waals surface area contributed by atoms with E-state index in [4.69, 9.17) is 0 Å². The zero-order chi connectivity index (χ0) is 8.39. The summed E-state index contributed by atoms with van der Waals surface area (Å²) in [5, 5.41) is 3.38. The van der Waals surface area contributed by atoms with E-state index >= 15 is 0 Å². The molecule has 0 aliphatic carbocycles. The number of thiazole rings is 1. The predicted molar refractivity (Wildman–Crippen MR) is 51.5 cm³/mol. The molecule has 0 saturated carbocycles. The van der Waals surface area contributed by atoms with Gasteiger partial charge >= 0.3 is 0 Å². The molecule has 0 radical (unpaired) electrons. The van der Waals surface area contributed by atoms with Gasteiger partial charge in [0.05, 0.1) is 11.2 Å². The molecule has 1 aromatic heterocycles. The SMILES string of the molecule is Cc1scnc1CC1CCNC1. The Labute approximate surface area is 77.0 Å². The van der Waals surface area contributed by atoms with Gasteiger partial charge in [0.2, 0.25) is 0 Å². The number of nitrogens with one attached hydrogen (secondary N) is 1. The molecule has 66 valence electrons. The van der Waals surface area contributed by atoms with Crippen molar-refractivity contribution < 1.29 is 0 Å². The van der Waals surface area contributed by atoms with Crippen LogP contribution in [-0.4, -0.2) is 18.1 Å². The van der Waals surface area contributed by atoms with Crippen molar-refractivity contribution in [3.63, 3.8) is 0 Å². The highest BCUT2D eigenvalue weighted by molar-refractivity contribution is 7.09. The summed E-state index contributed by atoms with van der Waals surface area (Å²) in [4.78, 5) is 5.76. The first-order valence-electron chi connectivity index (χ1n) is 4.46. The number of aromatic nitrogens is 1. The van der Waals surface area contributed by atoms with E-state index in [1.165, 1.54) is 36.5 Å². The van der Waals surface area contributed by atoms with Gasteiger partial charge in [0, 0.05) is 4.88 Å². The fourth-order valence-corrected chi connectivity index (χ4v) is 2.30. The molecule has 1 aliphatic heterocycles. The third-order valence-corrected chi connectivity index (χ3v) is 3.29. The Balaban J connectivity index is 1.98. The lowest BCUT2D eigenvalue weighted by Gasteiger charge is -2.05. The highest BCUT2D eigenvalue weighted by Gasteiger charge is 2.16. The average Bonchev–Trinajstić information content (AvgIpc) is 2.65. The Morgan fingerprint density at radius 2 is 2.67 bits per heavy atom. The van der Waals surface area contributed by atoms with Crippen LogP contribution in [-0.2, 0) is 6.42 Å². The predicted octanol–water partition coefficient (Wildman–Crippen LogP) is 1.60. The van der Waals surface area contributed by atoms with Gasteiger partial charge in [0.15, 0.2) is 0 Å². The monoisotopic (exact) mass is 182 g/mol. The van der Waals surface area contributed by atoms with Crippen LogP contribution in [0.5, 0.6) is 0 Å². The highest BCUT2D eigenvalue weighted by Crippen LogP contribution is 2.18. The van der Waals surface area contributed by atoms with Crippen LogP contribution >= 0.6 is 11.3 Å². The summed E-state index contributed by atoms with van der Waals surface area (Å²) >= 11 is 1.76. The van der Waals surface area contributed by atoms with Crippen LogP contribution in [0.25, 0.3) is 0 Å². The first-order valence-corrected chi connectivity index (χ1v) is 5.34. The fraction of sp³-hybridized carbons (Fsp3) is 0.667. The van der Waals surface area contributed by atoms with Crippen molar-refractivity contribution in [1.82, 2.24) is 10.3 Å².